The first-order chi connectivity index (χ1) is 20.8. The van der Waals surface area contributed by atoms with Crippen LogP contribution in [0.5, 0.6) is 0 Å². The third kappa shape index (κ3) is 28.5. The van der Waals surface area contributed by atoms with Crippen LogP contribution in [0.25, 0.3) is 0 Å². The molecule has 0 N–H and O–H groups in total. The highest BCUT2D eigenvalue weighted by molar-refractivity contribution is 6.20. The van der Waals surface area contributed by atoms with E-state index >= 15 is 0 Å². The van der Waals surface area contributed by atoms with E-state index in [0.717, 1.165) is 25.9 Å². The molecular formula is C39H73ClO2. The van der Waals surface area contributed by atoms with Gasteiger partial charge in [0.1, 0.15) is 0 Å². The van der Waals surface area contributed by atoms with E-state index in [1.54, 1.807) is 0 Å². The van der Waals surface area contributed by atoms with Gasteiger partial charge >= 0.3 is 0 Å². The zero-order chi connectivity index (χ0) is 30.2. The fourth-order valence-corrected chi connectivity index (χ4v) is 6.11. The van der Waals surface area contributed by atoms with Crippen molar-refractivity contribution in [3.05, 3.63) is 24.3 Å². The molecule has 1 fully saturated rings. The lowest BCUT2D eigenvalue weighted by molar-refractivity contribution is 0.126. The summed E-state index contributed by atoms with van der Waals surface area (Å²) in [6, 6.07) is 0. The van der Waals surface area contributed by atoms with Crippen LogP contribution >= 0.6 is 11.6 Å². The summed E-state index contributed by atoms with van der Waals surface area (Å²) in [5.41, 5.74) is 0. The molecule has 3 unspecified atom stereocenters. The van der Waals surface area contributed by atoms with Gasteiger partial charge in [0, 0.05) is 6.61 Å². The molecule has 0 amide bonds. The van der Waals surface area contributed by atoms with E-state index in [0.29, 0.717) is 18.8 Å². The van der Waals surface area contributed by atoms with Gasteiger partial charge in [-0.15, -0.1) is 11.6 Å². The molecule has 3 atom stereocenters. The van der Waals surface area contributed by atoms with Crippen LogP contribution in [0.3, 0.4) is 0 Å². The first-order valence-corrected chi connectivity index (χ1v) is 19.4. The fourth-order valence-electron chi connectivity index (χ4n) is 5.87. The molecule has 0 radical (unpaired) electrons. The molecule has 1 aliphatic rings. The average Bonchev–Trinajstić information content (AvgIpc) is 3.75. The van der Waals surface area contributed by atoms with Gasteiger partial charge in [-0.3, -0.25) is 0 Å². The van der Waals surface area contributed by atoms with Crippen LogP contribution in [0, 0.1) is 0 Å². The van der Waals surface area contributed by atoms with Crippen LogP contribution in [0.2, 0.25) is 0 Å². The first kappa shape index (κ1) is 39.7. The van der Waals surface area contributed by atoms with Crippen molar-refractivity contribution in [1.29, 1.82) is 0 Å². The number of allylic oxidation sites excluding steroid dienone is 4. The zero-order valence-electron chi connectivity index (χ0n) is 28.4. The SMILES string of the molecule is CCCCCCCC/C=C\CCCCCCC(Cl)COCCCC1OC1CCCCCC/C=C\CCCCCCCC. The van der Waals surface area contributed by atoms with Gasteiger partial charge in [-0.2, -0.15) is 0 Å². The summed E-state index contributed by atoms with van der Waals surface area (Å²) >= 11 is 6.49. The Morgan fingerprint density at radius 2 is 0.929 bits per heavy atom. The van der Waals surface area contributed by atoms with Crippen molar-refractivity contribution in [2.45, 2.75) is 211 Å². The number of alkyl halides is 1. The van der Waals surface area contributed by atoms with Gasteiger partial charge in [-0.05, 0) is 77.0 Å². The molecular weight excluding hydrogens is 536 g/mol. The standard InChI is InChI=1S/C39H73ClO2/c1-3-5-7-9-11-13-15-17-19-21-23-25-27-29-32-37(40)36-41-35-31-34-39-38(42-39)33-30-28-26-24-22-20-18-16-14-12-10-8-6-4-2/h17-20,37-39H,3-16,21-36H2,1-2H3/b19-17-,20-18-. The largest absolute Gasteiger partial charge is 0.380 e. The molecule has 0 aromatic rings. The number of epoxide rings is 1. The molecule has 1 aliphatic heterocycles. The normalized spacial score (nSPS) is 17.6. The molecule has 42 heavy (non-hydrogen) atoms. The molecule has 0 bridgehead atoms. The van der Waals surface area contributed by atoms with Crippen LogP contribution < -0.4 is 0 Å². The first-order valence-electron chi connectivity index (χ1n) is 18.9. The molecule has 0 aromatic heterocycles. The molecule has 0 saturated carbocycles. The zero-order valence-corrected chi connectivity index (χ0v) is 29.2. The quantitative estimate of drug-likeness (QED) is 0.0313. The lowest BCUT2D eigenvalue weighted by Gasteiger charge is -2.10. The Labute approximate surface area is 269 Å². The summed E-state index contributed by atoms with van der Waals surface area (Å²) in [5.74, 6) is 0. The average molecular weight is 609 g/mol. The molecule has 0 aliphatic carbocycles. The Balaban J connectivity index is 1.75. The molecule has 1 heterocycles. The Morgan fingerprint density at radius 3 is 1.43 bits per heavy atom. The number of unbranched alkanes of at least 4 members (excludes halogenated alkanes) is 20. The Bertz CT molecular complexity index is 589. The predicted octanol–water partition coefficient (Wildman–Crippen LogP) is 13.5. The summed E-state index contributed by atoms with van der Waals surface area (Å²) in [6.07, 6.45) is 47.6. The fraction of sp³-hybridized carbons (Fsp3) is 0.897. The highest BCUT2D eigenvalue weighted by Gasteiger charge is 2.36. The monoisotopic (exact) mass is 609 g/mol. The van der Waals surface area contributed by atoms with Gasteiger partial charge in [0.2, 0.25) is 0 Å². The van der Waals surface area contributed by atoms with E-state index < -0.39 is 0 Å². The smallest absolute Gasteiger partial charge is 0.0842 e. The molecule has 1 saturated heterocycles. The van der Waals surface area contributed by atoms with Crippen molar-refractivity contribution in [2.24, 2.45) is 0 Å². The minimum atomic E-state index is 0.169. The summed E-state index contributed by atoms with van der Waals surface area (Å²) in [6.45, 7) is 6.10. The Morgan fingerprint density at radius 1 is 0.524 bits per heavy atom. The number of ether oxygens (including phenoxy) is 2. The van der Waals surface area contributed by atoms with Crippen molar-refractivity contribution < 1.29 is 9.47 Å². The van der Waals surface area contributed by atoms with Crippen LogP contribution in [0.1, 0.15) is 194 Å². The number of hydrogen-bond donors (Lipinski definition) is 0. The minimum Gasteiger partial charge on any atom is -0.380 e. The maximum absolute atomic E-state index is 6.49. The van der Waals surface area contributed by atoms with Gasteiger partial charge in [0.15, 0.2) is 0 Å². The van der Waals surface area contributed by atoms with Gasteiger partial charge in [-0.25, -0.2) is 0 Å². The van der Waals surface area contributed by atoms with E-state index in [1.165, 1.54) is 161 Å². The van der Waals surface area contributed by atoms with Gasteiger partial charge in [0.05, 0.1) is 24.2 Å². The molecule has 3 heteroatoms. The van der Waals surface area contributed by atoms with Crippen LogP contribution in [-0.4, -0.2) is 30.8 Å². The molecule has 0 spiro atoms. The van der Waals surface area contributed by atoms with Crippen molar-refractivity contribution in [3.63, 3.8) is 0 Å². The Hall–Kier alpha value is -0.310. The van der Waals surface area contributed by atoms with Crippen LogP contribution in [-0.2, 0) is 9.47 Å². The van der Waals surface area contributed by atoms with Gasteiger partial charge < -0.3 is 9.47 Å². The van der Waals surface area contributed by atoms with E-state index in [4.69, 9.17) is 21.1 Å². The summed E-state index contributed by atoms with van der Waals surface area (Å²) in [7, 11) is 0. The second-order valence-electron chi connectivity index (χ2n) is 13.1. The lowest BCUT2D eigenvalue weighted by Crippen LogP contribution is -2.10. The van der Waals surface area contributed by atoms with Crippen LogP contribution in [0.15, 0.2) is 24.3 Å². The molecule has 0 aromatic carbocycles. The highest BCUT2D eigenvalue weighted by atomic mass is 35.5. The highest BCUT2D eigenvalue weighted by Crippen LogP contribution is 2.31. The maximum atomic E-state index is 6.49. The van der Waals surface area contributed by atoms with E-state index in [2.05, 4.69) is 38.2 Å². The number of rotatable bonds is 34. The summed E-state index contributed by atoms with van der Waals surface area (Å²) < 4.78 is 11.8. The topological polar surface area (TPSA) is 21.8 Å². The second-order valence-corrected chi connectivity index (χ2v) is 13.7. The van der Waals surface area contributed by atoms with Gasteiger partial charge in [0.25, 0.3) is 0 Å². The predicted molar refractivity (Wildman–Crippen MR) is 188 cm³/mol. The van der Waals surface area contributed by atoms with Crippen molar-refractivity contribution in [3.8, 4) is 0 Å². The third-order valence-corrected chi connectivity index (χ3v) is 9.14. The molecule has 1 rings (SSSR count). The van der Waals surface area contributed by atoms with E-state index in [1.807, 2.05) is 0 Å². The number of hydrogen-bond acceptors (Lipinski definition) is 2. The second kappa shape index (κ2) is 32.1. The Kier molecular flexibility index (Phi) is 30.3. The van der Waals surface area contributed by atoms with Crippen molar-refractivity contribution >= 4 is 11.6 Å². The summed E-state index contributed by atoms with van der Waals surface area (Å²) in [5, 5.41) is 0.169. The number of halogens is 1. The molecule has 2 nitrogen and oxygen atoms in total. The van der Waals surface area contributed by atoms with Crippen LogP contribution in [0.4, 0.5) is 0 Å². The lowest BCUT2D eigenvalue weighted by atomic mass is 10.1. The van der Waals surface area contributed by atoms with Crippen molar-refractivity contribution in [2.75, 3.05) is 13.2 Å². The third-order valence-electron chi connectivity index (χ3n) is 8.79. The maximum Gasteiger partial charge on any atom is 0.0842 e. The van der Waals surface area contributed by atoms with Crippen molar-refractivity contribution in [1.82, 2.24) is 0 Å². The summed E-state index contributed by atoms with van der Waals surface area (Å²) in [4.78, 5) is 0. The van der Waals surface area contributed by atoms with Gasteiger partial charge in [-0.1, -0.05) is 141 Å². The minimum absolute atomic E-state index is 0.169. The molecule has 248 valence electrons. The van der Waals surface area contributed by atoms with E-state index in [9.17, 15) is 0 Å². The van der Waals surface area contributed by atoms with E-state index in [-0.39, 0.29) is 5.38 Å².